The number of rotatable bonds is 7. The number of esters is 1. The van der Waals surface area contributed by atoms with Crippen LogP contribution in [0.25, 0.3) is 0 Å². The van der Waals surface area contributed by atoms with Crippen LogP contribution in [0, 0.1) is 0 Å². The number of hydrogen-bond donors (Lipinski definition) is 2. The van der Waals surface area contributed by atoms with Crippen LogP contribution >= 0.6 is 0 Å². The predicted octanol–water partition coefficient (Wildman–Crippen LogP) is 1.39. The van der Waals surface area contributed by atoms with Gasteiger partial charge in [-0.2, -0.15) is 0 Å². The zero-order valence-corrected chi connectivity index (χ0v) is 11.9. The molecule has 0 heterocycles. The zero-order chi connectivity index (χ0) is 15.7. The molecule has 0 aliphatic heterocycles. The first-order valence-electron chi connectivity index (χ1n) is 6.44. The van der Waals surface area contributed by atoms with Gasteiger partial charge in [0.1, 0.15) is 6.61 Å². The van der Waals surface area contributed by atoms with Gasteiger partial charge in [0.2, 0.25) is 0 Å². The quantitative estimate of drug-likeness (QED) is 0.586. The molecule has 1 aromatic rings. The molecule has 1 amide bonds. The third-order valence-electron chi connectivity index (χ3n) is 2.51. The van der Waals surface area contributed by atoms with E-state index < -0.39 is 24.8 Å². The maximum Gasteiger partial charge on any atom is 0.407 e. The molecule has 0 fully saturated rings. The van der Waals surface area contributed by atoms with Crippen molar-refractivity contribution >= 4 is 12.1 Å². The molecular formula is C15H19NO5. The molecule has 1 unspecified atom stereocenters. The number of alkyl carbamates (subject to hydrolysis) is 1. The van der Waals surface area contributed by atoms with Gasteiger partial charge >= 0.3 is 12.1 Å². The maximum atomic E-state index is 11.6. The molecule has 0 radical (unpaired) electrons. The first kappa shape index (κ1) is 16.7. The van der Waals surface area contributed by atoms with Crippen LogP contribution in [0.15, 0.2) is 42.5 Å². The molecular weight excluding hydrogens is 274 g/mol. The summed E-state index contributed by atoms with van der Waals surface area (Å²) in [5.41, 5.74) is 1.16. The molecule has 0 saturated heterocycles. The van der Waals surface area contributed by atoms with Crippen molar-refractivity contribution in [3.63, 3.8) is 0 Å². The summed E-state index contributed by atoms with van der Waals surface area (Å²) in [6.07, 6.45) is -1.60. The average molecular weight is 293 g/mol. The van der Waals surface area contributed by atoms with Crippen LogP contribution in [0.3, 0.4) is 0 Å². The smallest absolute Gasteiger partial charge is 0.407 e. The largest absolute Gasteiger partial charge is 0.458 e. The first-order chi connectivity index (χ1) is 10.0. The summed E-state index contributed by atoms with van der Waals surface area (Å²) in [5.74, 6) is -0.596. The minimum atomic E-state index is -0.913. The topological polar surface area (TPSA) is 84.9 Å². The van der Waals surface area contributed by atoms with Crippen molar-refractivity contribution in [2.75, 3.05) is 13.2 Å². The van der Waals surface area contributed by atoms with E-state index in [4.69, 9.17) is 14.6 Å². The second kappa shape index (κ2) is 8.76. The lowest BCUT2D eigenvalue weighted by Gasteiger charge is -2.16. The van der Waals surface area contributed by atoms with Crippen molar-refractivity contribution in [1.29, 1.82) is 0 Å². The summed E-state index contributed by atoms with van der Waals surface area (Å²) >= 11 is 0. The standard InChI is InChI=1S/C15H19NO5/c1-11(2)14(18)20-10-13(9-17)21-15(19)16-8-12-6-4-3-5-7-12/h3-7,13,17H,1,8-10H2,2H3,(H,16,19). The Morgan fingerprint density at radius 3 is 2.57 bits per heavy atom. The van der Waals surface area contributed by atoms with Crippen molar-refractivity contribution in [3.05, 3.63) is 48.0 Å². The van der Waals surface area contributed by atoms with Gasteiger partial charge < -0.3 is 19.9 Å². The Hall–Kier alpha value is -2.34. The van der Waals surface area contributed by atoms with Crippen LogP contribution in [0.5, 0.6) is 0 Å². The Bertz CT molecular complexity index is 486. The number of hydrogen-bond acceptors (Lipinski definition) is 5. The molecule has 0 spiro atoms. The van der Waals surface area contributed by atoms with Crippen molar-refractivity contribution in [3.8, 4) is 0 Å². The highest BCUT2D eigenvalue weighted by molar-refractivity contribution is 5.86. The normalized spacial score (nSPS) is 11.3. The van der Waals surface area contributed by atoms with Gasteiger partial charge in [0.15, 0.2) is 6.10 Å². The van der Waals surface area contributed by atoms with Gasteiger partial charge in [-0.3, -0.25) is 0 Å². The maximum absolute atomic E-state index is 11.6. The molecule has 0 aliphatic rings. The van der Waals surface area contributed by atoms with Gasteiger partial charge in [-0.1, -0.05) is 36.9 Å². The van der Waals surface area contributed by atoms with E-state index in [1.165, 1.54) is 6.92 Å². The van der Waals surface area contributed by atoms with E-state index in [2.05, 4.69) is 11.9 Å². The van der Waals surface area contributed by atoms with E-state index in [0.717, 1.165) is 5.56 Å². The van der Waals surface area contributed by atoms with Crippen molar-refractivity contribution < 1.29 is 24.2 Å². The molecule has 0 bridgehead atoms. The van der Waals surface area contributed by atoms with Crippen LogP contribution < -0.4 is 5.32 Å². The molecule has 114 valence electrons. The van der Waals surface area contributed by atoms with Crippen molar-refractivity contribution in [2.45, 2.75) is 19.6 Å². The van der Waals surface area contributed by atoms with Crippen LogP contribution in [0.2, 0.25) is 0 Å². The summed E-state index contributed by atoms with van der Waals surface area (Å²) in [7, 11) is 0. The number of aliphatic hydroxyl groups is 1. The van der Waals surface area contributed by atoms with Gasteiger partial charge in [-0.25, -0.2) is 9.59 Å². The molecule has 0 aliphatic carbocycles. The molecule has 1 aromatic carbocycles. The minimum absolute atomic E-state index is 0.221. The molecule has 0 aromatic heterocycles. The number of benzene rings is 1. The number of carbonyl (C=O) groups excluding carboxylic acids is 2. The minimum Gasteiger partial charge on any atom is -0.458 e. The Kier molecular flexibility index (Phi) is 6.97. The third kappa shape index (κ3) is 6.58. The highest BCUT2D eigenvalue weighted by Gasteiger charge is 2.16. The third-order valence-corrected chi connectivity index (χ3v) is 2.51. The van der Waals surface area contributed by atoms with Crippen LogP contribution in [-0.2, 0) is 20.8 Å². The fourth-order valence-corrected chi connectivity index (χ4v) is 1.38. The molecule has 6 heteroatoms. The number of amides is 1. The van der Waals surface area contributed by atoms with E-state index in [1.54, 1.807) is 0 Å². The van der Waals surface area contributed by atoms with Crippen molar-refractivity contribution in [1.82, 2.24) is 5.32 Å². The molecule has 21 heavy (non-hydrogen) atoms. The van der Waals surface area contributed by atoms with E-state index in [1.807, 2.05) is 30.3 Å². The average Bonchev–Trinajstić information content (AvgIpc) is 2.49. The van der Waals surface area contributed by atoms with Crippen molar-refractivity contribution in [2.24, 2.45) is 0 Å². The summed E-state index contributed by atoms with van der Waals surface area (Å²) < 4.78 is 9.76. The molecule has 1 rings (SSSR count). The lowest BCUT2D eigenvalue weighted by Crippen LogP contribution is -2.33. The number of nitrogens with one attached hydrogen (secondary N) is 1. The summed E-state index contributed by atoms with van der Waals surface area (Å²) in [6.45, 7) is 4.57. The number of aliphatic hydroxyl groups excluding tert-OH is 1. The van der Waals surface area contributed by atoms with E-state index in [0.29, 0.717) is 6.54 Å². The van der Waals surface area contributed by atoms with Crippen LogP contribution in [0.4, 0.5) is 4.79 Å². The lowest BCUT2D eigenvalue weighted by molar-refractivity contribution is -0.142. The monoisotopic (exact) mass is 293 g/mol. The molecule has 0 saturated carbocycles. The van der Waals surface area contributed by atoms with Gasteiger partial charge in [-0.15, -0.1) is 0 Å². The Morgan fingerprint density at radius 2 is 2.00 bits per heavy atom. The second-order valence-corrected chi connectivity index (χ2v) is 4.43. The second-order valence-electron chi connectivity index (χ2n) is 4.43. The van der Waals surface area contributed by atoms with E-state index >= 15 is 0 Å². The summed E-state index contributed by atoms with van der Waals surface area (Å²) in [5, 5.41) is 11.6. The molecule has 2 N–H and O–H groups in total. The number of carbonyl (C=O) groups is 2. The van der Waals surface area contributed by atoms with E-state index in [9.17, 15) is 9.59 Å². The first-order valence-corrected chi connectivity index (χ1v) is 6.44. The lowest BCUT2D eigenvalue weighted by atomic mass is 10.2. The predicted molar refractivity (Wildman–Crippen MR) is 76.4 cm³/mol. The molecule has 6 nitrogen and oxygen atoms in total. The Labute approximate surface area is 123 Å². The van der Waals surface area contributed by atoms with Gasteiger partial charge in [0.25, 0.3) is 0 Å². The van der Waals surface area contributed by atoms with Crippen LogP contribution in [-0.4, -0.2) is 36.5 Å². The SMILES string of the molecule is C=C(C)C(=O)OCC(CO)OC(=O)NCc1ccccc1. The van der Waals surface area contributed by atoms with E-state index in [-0.39, 0.29) is 12.2 Å². The Morgan fingerprint density at radius 1 is 1.33 bits per heavy atom. The highest BCUT2D eigenvalue weighted by Crippen LogP contribution is 2.00. The Balaban J connectivity index is 2.33. The van der Waals surface area contributed by atoms with Gasteiger partial charge in [0.05, 0.1) is 6.61 Å². The zero-order valence-electron chi connectivity index (χ0n) is 11.9. The number of ether oxygens (including phenoxy) is 2. The summed E-state index contributed by atoms with van der Waals surface area (Å²) in [4.78, 5) is 22.8. The fourth-order valence-electron chi connectivity index (χ4n) is 1.38. The summed E-state index contributed by atoms with van der Waals surface area (Å²) in [6, 6.07) is 9.31. The molecule has 1 atom stereocenters. The highest BCUT2D eigenvalue weighted by atomic mass is 16.6. The van der Waals surface area contributed by atoms with Gasteiger partial charge in [-0.05, 0) is 12.5 Å². The van der Waals surface area contributed by atoms with Crippen LogP contribution in [0.1, 0.15) is 12.5 Å². The fraction of sp³-hybridized carbons (Fsp3) is 0.333. The van der Waals surface area contributed by atoms with Gasteiger partial charge in [0, 0.05) is 12.1 Å².